The van der Waals surface area contributed by atoms with Gasteiger partial charge in [-0.05, 0) is 64.5 Å². The molecule has 0 saturated heterocycles. The van der Waals surface area contributed by atoms with Crippen molar-refractivity contribution in [2.24, 2.45) is 5.92 Å². The molecule has 4 atom stereocenters. The predicted molar refractivity (Wildman–Crippen MR) is 114 cm³/mol. The number of amides is 2. The second-order valence-corrected chi connectivity index (χ2v) is 8.50. The van der Waals surface area contributed by atoms with Crippen LogP contribution < -0.4 is 10.6 Å². The highest BCUT2D eigenvalue weighted by molar-refractivity contribution is 5.92. The molecule has 3 rings (SSSR count). The van der Waals surface area contributed by atoms with Crippen molar-refractivity contribution in [2.75, 3.05) is 0 Å². The van der Waals surface area contributed by atoms with Gasteiger partial charge in [0.05, 0.1) is 0 Å². The molecule has 1 heterocycles. The first-order valence-corrected chi connectivity index (χ1v) is 10.6. The number of hydrogen-bond acceptors (Lipinski definition) is 3. The van der Waals surface area contributed by atoms with Gasteiger partial charge >= 0.3 is 0 Å². The van der Waals surface area contributed by atoms with E-state index in [-0.39, 0.29) is 35.9 Å². The summed E-state index contributed by atoms with van der Waals surface area (Å²) in [4.78, 5) is 24.6. The Balaban J connectivity index is 1.42. The normalized spacial score (nSPS) is 20.2. The smallest absolute Gasteiger partial charge is 0.271 e. The fraction of sp³-hybridized carbons (Fsp3) is 0.522. The minimum atomic E-state index is -0.149. The first-order chi connectivity index (χ1) is 13.8. The first-order valence-electron chi connectivity index (χ1n) is 10.6. The number of rotatable bonds is 9. The Morgan fingerprint density at radius 2 is 1.79 bits per heavy atom. The average Bonchev–Trinajstić information content (AvgIpc) is 3.34. The van der Waals surface area contributed by atoms with Crippen LogP contribution in [-0.4, -0.2) is 33.7 Å². The topological polar surface area (TPSA) is 76.0 Å². The zero-order chi connectivity index (χ0) is 21.0. The first kappa shape index (κ1) is 21.1. The van der Waals surface area contributed by atoms with E-state index in [0.717, 1.165) is 19.3 Å². The summed E-state index contributed by atoms with van der Waals surface area (Å²) in [7, 11) is 0. The predicted octanol–water partition coefficient (Wildman–Crippen LogP) is 3.67. The van der Waals surface area contributed by atoms with E-state index in [0.29, 0.717) is 11.6 Å². The highest BCUT2D eigenvalue weighted by atomic mass is 16.2. The fourth-order valence-electron chi connectivity index (χ4n) is 3.64. The Morgan fingerprint density at radius 1 is 1.07 bits per heavy atom. The summed E-state index contributed by atoms with van der Waals surface area (Å²) < 4.78 is 1.83. The number of hydrogen-bond donors (Lipinski definition) is 2. The standard InChI is InChI=1S/C23H32N4O2/c1-15(2)24-23(29)21-12-13-27(26-21)17(4)11-10-16(3)25-22(28)20-14-19(20)18-8-6-5-7-9-18/h5-9,12-13,15-17,19-20H,10-11,14H2,1-4H3,(H,24,29)(H,25,28). The average molecular weight is 397 g/mol. The fourth-order valence-corrected chi connectivity index (χ4v) is 3.64. The lowest BCUT2D eigenvalue weighted by atomic mass is 10.1. The van der Waals surface area contributed by atoms with Crippen LogP contribution in [0.1, 0.15) is 75.0 Å². The number of nitrogens with zero attached hydrogens (tertiary/aromatic N) is 2. The second kappa shape index (κ2) is 9.25. The van der Waals surface area contributed by atoms with Crippen molar-refractivity contribution >= 4 is 11.8 Å². The molecule has 6 heteroatoms. The quantitative estimate of drug-likeness (QED) is 0.679. The van der Waals surface area contributed by atoms with E-state index >= 15 is 0 Å². The molecular weight excluding hydrogens is 364 g/mol. The molecular formula is C23H32N4O2. The monoisotopic (exact) mass is 396 g/mol. The maximum atomic E-state index is 12.5. The highest BCUT2D eigenvalue weighted by Gasteiger charge is 2.43. The molecule has 29 heavy (non-hydrogen) atoms. The summed E-state index contributed by atoms with van der Waals surface area (Å²) in [6.45, 7) is 7.99. The van der Waals surface area contributed by atoms with Crippen LogP contribution in [0.3, 0.4) is 0 Å². The third-order valence-corrected chi connectivity index (χ3v) is 5.47. The molecule has 2 aromatic rings. The van der Waals surface area contributed by atoms with Gasteiger partial charge in [0.15, 0.2) is 0 Å². The van der Waals surface area contributed by atoms with Gasteiger partial charge in [-0.1, -0.05) is 30.3 Å². The highest BCUT2D eigenvalue weighted by Crippen LogP contribution is 2.47. The molecule has 0 spiro atoms. The van der Waals surface area contributed by atoms with Crippen molar-refractivity contribution in [3.8, 4) is 0 Å². The molecule has 2 N–H and O–H groups in total. The van der Waals surface area contributed by atoms with E-state index in [9.17, 15) is 9.59 Å². The molecule has 0 aliphatic heterocycles. The van der Waals surface area contributed by atoms with Gasteiger partial charge in [0, 0.05) is 30.2 Å². The zero-order valence-electron chi connectivity index (χ0n) is 17.8. The molecule has 156 valence electrons. The SMILES string of the molecule is CC(C)NC(=O)c1ccn(C(C)CCC(C)NC(=O)C2CC2c2ccccc2)n1. The Labute approximate surface area is 173 Å². The van der Waals surface area contributed by atoms with Gasteiger partial charge in [0.2, 0.25) is 5.91 Å². The van der Waals surface area contributed by atoms with Crippen molar-refractivity contribution in [3.05, 3.63) is 53.9 Å². The van der Waals surface area contributed by atoms with Crippen LogP contribution in [-0.2, 0) is 4.79 Å². The minimum absolute atomic E-state index is 0.0856. The van der Waals surface area contributed by atoms with Gasteiger partial charge in [0.1, 0.15) is 5.69 Å². The van der Waals surface area contributed by atoms with Crippen LogP contribution in [0.15, 0.2) is 42.6 Å². The molecule has 1 aliphatic carbocycles. The summed E-state index contributed by atoms with van der Waals surface area (Å²) in [6.07, 6.45) is 4.52. The van der Waals surface area contributed by atoms with E-state index in [4.69, 9.17) is 0 Å². The molecule has 4 unspecified atom stereocenters. The van der Waals surface area contributed by atoms with Crippen LogP contribution in [0.2, 0.25) is 0 Å². The lowest BCUT2D eigenvalue weighted by molar-refractivity contribution is -0.123. The van der Waals surface area contributed by atoms with Crippen molar-refractivity contribution < 1.29 is 9.59 Å². The van der Waals surface area contributed by atoms with E-state index < -0.39 is 0 Å². The van der Waals surface area contributed by atoms with Crippen molar-refractivity contribution in [1.82, 2.24) is 20.4 Å². The van der Waals surface area contributed by atoms with E-state index in [1.807, 2.05) is 42.9 Å². The molecule has 0 bridgehead atoms. The second-order valence-electron chi connectivity index (χ2n) is 8.50. The zero-order valence-corrected chi connectivity index (χ0v) is 17.8. The van der Waals surface area contributed by atoms with Gasteiger partial charge in [-0.15, -0.1) is 0 Å². The molecule has 2 amide bonds. The summed E-state index contributed by atoms with van der Waals surface area (Å²) in [5, 5.41) is 10.4. The van der Waals surface area contributed by atoms with Crippen LogP contribution in [0.4, 0.5) is 0 Å². The Bertz CT molecular complexity index is 830. The maximum Gasteiger partial charge on any atom is 0.271 e. The summed E-state index contributed by atoms with van der Waals surface area (Å²) in [5.41, 5.74) is 1.69. The van der Waals surface area contributed by atoms with Gasteiger partial charge < -0.3 is 10.6 Å². The Kier molecular flexibility index (Phi) is 6.72. The Hall–Kier alpha value is -2.63. The van der Waals surface area contributed by atoms with Gasteiger partial charge in [-0.2, -0.15) is 5.10 Å². The number of benzene rings is 1. The molecule has 1 saturated carbocycles. The molecule has 1 fully saturated rings. The van der Waals surface area contributed by atoms with Crippen LogP contribution in [0.5, 0.6) is 0 Å². The minimum Gasteiger partial charge on any atom is -0.353 e. The number of carbonyl (C=O) groups is 2. The number of nitrogens with one attached hydrogen (secondary N) is 2. The maximum absolute atomic E-state index is 12.5. The summed E-state index contributed by atoms with van der Waals surface area (Å²) >= 11 is 0. The van der Waals surface area contributed by atoms with Crippen LogP contribution >= 0.6 is 0 Å². The van der Waals surface area contributed by atoms with E-state index in [2.05, 4.69) is 41.7 Å². The largest absolute Gasteiger partial charge is 0.353 e. The summed E-state index contributed by atoms with van der Waals surface area (Å²) in [5.74, 6) is 0.474. The van der Waals surface area contributed by atoms with Crippen LogP contribution in [0, 0.1) is 5.92 Å². The lowest BCUT2D eigenvalue weighted by Gasteiger charge is -2.17. The molecule has 1 aromatic carbocycles. The number of aromatic nitrogens is 2. The van der Waals surface area contributed by atoms with Crippen molar-refractivity contribution in [1.29, 1.82) is 0 Å². The van der Waals surface area contributed by atoms with Crippen molar-refractivity contribution in [3.63, 3.8) is 0 Å². The van der Waals surface area contributed by atoms with E-state index in [1.165, 1.54) is 5.56 Å². The van der Waals surface area contributed by atoms with Crippen LogP contribution in [0.25, 0.3) is 0 Å². The third-order valence-electron chi connectivity index (χ3n) is 5.47. The van der Waals surface area contributed by atoms with Gasteiger partial charge in [0.25, 0.3) is 5.91 Å². The molecule has 1 aromatic heterocycles. The van der Waals surface area contributed by atoms with Crippen molar-refractivity contribution in [2.45, 2.75) is 71.0 Å². The molecule has 0 radical (unpaired) electrons. The lowest BCUT2D eigenvalue weighted by Crippen LogP contribution is -2.34. The number of carbonyl (C=O) groups excluding carboxylic acids is 2. The Morgan fingerprint density at radius 3 is 2.48 bits per heavy atom. The summed E-state index contributed by atoms with van der Waals surface area (Å²) in [6, 6.07) is 12.4. The van der Waals surface area contributed by atoms with Gasteiger partial charge in [-0.3, -0.25) is 14.3 Å². The van der Waals surface area contributed by atoms with Gasteiger partial charge in [-0.25, -0.2) is 0 Å². The third kappa shape index (κ3) is 5.68. The molecule has 6 nitrogen and oxygen atoms in total. The van der Waals surface area contributed by atoms with E-state index in [1.54, 1.807) is 6.07 Å². The molecule has 1 aliphatic rings.